The van der Waals surface area contributed by atoms with Gasteiger partial charge in [-0.15, -0.1) is 0 Å². The van der Waals surface area contributed by atoms with Gasteiger partial charge in [-0.1, -0.05) is 32.4 Å². The molecular weight excluding hydrogens is 274 g/mol. The normalized spacial score (nSPS) is 20.2. The molecule has 1 atom stereocenters. The van der Waals surface area contributed by atoms with Crippen molar-refractivity contribution in [1.29, 1.82) is 0 Å². The van der Waals surface area contributed by atoms with Gasteiger partial charge in [-0.3, -0.25) is 0 Å². The number of rotatable bonds is 3. The number of hydrogen-bond acceptors (Lipinski definition) is 4. The second-order valence-electron chi connectivity index (χ2n) is 6.53. The van der Waals surface area contributed by atoms with Gasteiger partial charge in [0.05, 0.1) is 6.61 Å². The molecule has 0 spiro atoms. The summed E-state index contributed by atoms with van der Waals surface area (Å²) in [7, 11) is 1.76. The number of piperidine rings is 1. The fourth-order valence-electron chi connectivity index (χ4n) is 2.55. The molecule has 20 heavy (non-hydrogen) atoms. The summed E-state index contributed by atoms with van der Waals surface area (Å²) in [6, 6.07) is 1.87. The first kappa shape index (κ1) is 15.5. The van der Waals surface area contributed by atoms with Gasteiger partial charge in [0.1, 0.15) is 16.8 Å². The van der Waals surface area contributed by atoms with Crippen molar-refractivity contribution in [3.63, 3.8) is 0 Å². The maximum Gasteiger partial charge on any atom is 0.137 e. The smallest absolute Gasteiger partial charge is 0.137 e. The molecule has 0 N–H and O–H groups in total. The monoisotopic (exact) mass is 297 g/mol. The lowest BCUT2D eigenvalue weighted by Crippen LogP contribution is -2.38. The first-order valence-electron chi connectivity index (χ1n) is 7.19. The lowest BCUT2D eigenvalue weighted by molar-refractivity contribution is 0.143. The predicted octanol–water partition coefficient (Wildman–Crippen LogP) is 3.29. The summed E-state index contributed by atoms with van der Waals surface area (Å²) >= 11 is 6.17. The van der Waals surface area contributed by atoms with E-state index < -0.39 is 0 Å². The van der Waals surface area contributed by atoms with E-state index in [1.165, 1.54) is 12.8 Å². The zero-order chi connectivity index (χ0) is 14.8. The molecule has 0 bridgehead atoms. The van der Waals surface area contributed by atoms with Gasteiger partial charge >= 0.3 is 0 Å². The van der Waals surface area contributed by atoms with Gasteiger partial charge in [0.2, 0.25) is 0 Å². The first-order chi connectivity index (χ1) is 9.40. The van der Waals surface area contributed by atoms with Gasteiger partial charge in [0.15, 0.2) is 0 Å². The average Bonchev–Trinajstić information content (AvgIpc) is 2.38. The quantitative estimate of drug-likeness (QED) is 0.803. The molecule has 2 heterocycles. The molecular formula is C15H24ClN3O. The Hall–Kier alpha value is -0.870. The highest BCUT2D eigenvalue weighted by Gasteiger charge is 2.24. The van der Waals surface area contributed by atoms with E-state index in [1.54, 1.807) is 7.11 Å². The minimum absolute atomic E-state index is 0.0959. The lowest BCUT2D eigenvalue weighted by Gasteiger charge is -2.33. The van der Waals surface area contributed by atoms with Gasteiger partial charge < -0.3 is 9.64 Å². The maximum atomic E-state index is 6.17. The van der Waals surface area contributed by atoms with E-state index in [9.17, 15) is 0 Å². The maximum absolute atomic E-state index is 6.17. The number of aromatic nitrogens is 2. The summed E-state index contributed by atoms with van der Waals surface area (Å²) in [5.74, 6) is 2.31. The van der Waals surface area contributed by atoms with Crippen molar-refractivity contribution in [2.24, 2.45) is 5.92 Å². The Bertz CT molecular complexity index is 457. The fourth-order valence-corrected chi connectivity index (χ4v) is 2.73. The fraction of sp³-hybridized carbons (Fsp3) is 0.733. The molecule has 2 rings (SSSR count). The third-order valence-corrected chi connectivity index (χ3v) is 3.79. The highest BCUT2D eigenvalue weighted by Crippen LogP contribution is 2.27. The van der Waals surface area contributed by atoms with Gasteiger partial charge in [-0.2, -0.15) is 0 Å². The Morgan fingerprint density at radius 2 is 2.15 bits per heavy atom. The average molecular weight is 298 g/mol. The van der Waals surface area contributed by atoms with Crippen LogP contribution in [0.2, 0.25) is 5.15 Å². The summed E-state index contributed by atoms with van der Waals surface area (Å²) in [5, 5.41) is 0.522. The van der Waals surface area contributed by atoms with E-state index >= 15 is 0 Å². The summed E-state index contributed by atoms with van der Waals surface area (Å²) in [6.07, 6.45) is 2.38. The van der Waals surface area contributed by atoms with Crippen LogP contribution in [-0.4, -0.2) is 36.8 Å². The van der Waals surface area contributed by atoms with Crippen LogP contribution in [0.15, 0.2) is 6.07 Å². The number of nitrogens with zero attached hydrogens (tertiary/aromatic N) is 3. The molecule has 1 aromatic heterocycles. The van der Waals surface area contributed by atoms with Gasteiger partial charge in [0, 0.05) is 31.7 Å². The Kier molecular flexibility index (Phi) is 4.86. The second-order valence-corrected chi connectivity index (χ2v) is 6.92. The second kappa shape index (κ2) is 6.27. The zero-order valence-corrected chi connectivity index (χ0v) is 13.6. The third kappa shape index (κ3) is 3.83. The summed E-state index contributed by atoms with van der Waals surface area (Å²) in [4.78, 5) is 11.4. The molecule has 1 saturated heterocycles. The van der Waals surface area contributed by atoms with Crippen molar-refractivity contribution in [3.8, 4) is 0 Å². The van der Waals surface area contributed by atoms with Crippen molar-refractivity contribution in [2.45, 2.75) is 39.0 Å². The van der Waals surface area contributed by atoms with Gasteiger partial charge in [0.25, 0.3) is 0 Å². The van der Waals surface area contributed by atoms with Crippen LogP contribution in [0.25, 0.3) is 0 Å². The zero-order valence-electron chi connectivity index (χ0n) is 12.8. The number of methoxy groups -OCH3 is 1. The topological polar surface area (TPSA) is 38.2 Å². The third-order valence-electron chi connectivity index (χ3n) is 3.60. The largest absolute Gasteiger partial charge is 0.384 e. The minimum Gasteiger partial charge on any atom is -0.384 e. The molecule has 112 valence electrons. The van der Waals surface area contributed by atoms with E-state index in [0.29, 0.717) is 11.1 Å². The first-order valence-corrected chi connectivity index (χ1v) is 7.57. The van der Waals surface area contributed by atoms with Crippen LogP contribution in [0.5, 0.6) is 0 Å². The van der Waals surface area contributed by atoms with E-state index in [2.05, 4.69) is 30.7 Å². The summed E-state index contributed by atoms with van der Waals surface area (Å²) in [6.45, 7) is 9.12. The van der Waals surface area contributed by atoms with Gasteiger partial charge in [-0.05, 0) is 18.8 Å². The van der Waals surface area contributed by atoms with E-state index in [-0.39, 0.29) is 5.41 Å². The molecule has 4 nitrogen and oxygen atoms in total. The van der Waals surface area contributed by atoms with E-state index in [4.69, 9.17) is 21.3 Å². The van der Waals surface area contributed by atoms with E-state index in [1.807, 2.05) is 6.07 Å². The number of halogens is 1. The van der Waals surface area contributed by atoms with Crippen LogP contribution >= 0.6 is 11.6 Å². The van der Waals surface area contributed by atoms with Gasteiger partial charge in [-0.25, -0.2) is 9.97 Å². The molecule has 5 heteroatoms. The van der Waals surface area contributed by atoms with Crippen LogP contribution in [0.4, 0.5) is 5.82 Å². The van der Waals surface area contributed by atoms with Crippen molar-refractivity contribution in [3.05, 3.63) is 17.0 Å². The number of anilines is 1. The minimum atomic E-state index is -0.0959. The SMILES string of the molecule is COCC1CCCN(c2cc(Cl)nc(C(C)(C)C)n2)C1. The standard InChI is InChI=1S/C15H24ClN3O/c1-15(2,3)14-17-12(16)8-13(18-14)19-7-5-6-11(9-19)10-20-4/h8,11H,5-7,9-10H2,1-4H3. The molecule has 1 aliphatic rings. The molecule has 0 radical (unpaired) electrons. The van der Waals surface area contributed by atoms with Crippen LogP contribution in [0.1, 0.15) is 39.4 Å². The highest BCUT2D eigenvalue weighted by atomic mass is 35.5. The predicted molar refractivity (Wildman–Crippen MR) is 82.6 cm³/mol. The van der Waals surface area contributed by atoms with Crippen LogP contribution in [0, 0.1) is 5.92 Å². The summed E-state index contributed by atoms with van der Waals surface area (Å²) < 4.78 is 5.28. The number of hydrogen-bond donors (Lipinski definition) is 0. The highest BCUT2D eigenvalue weighted by molar-refractivity contribution is 6.29. The molecule has 1 fully saturated rings. The van der Waals surface area contributed by atoms with Crippen molar-refractivity contribution in [1.82, 2.24) is 9.97 Å². The van der Waals surface area contributed by atoms with Crippen LogP contribution in [-0.2, 0) is 10.2 Å². The Balaban J connectivity index is 2.21. The molecule has 0 aromatic carbocycles. The van der Waals surface area contributed by atoms with Crippen molar-refractivity contribution >= 4 is 17.4 Å². The van der Waals surface area contributed by atoms with Crippen molar-refractivity contribution < 1.29 is 4.74 Å². The Morgan fingerprint density at radius 3 is 2.80 bits per heavy atom. The molecule has 1 aromatic rings. The van der Waals surface area contributed by atoms with Crippen LogP contribution < -0.4 is 4.90 Å². The molecule has 1 aliphatic heterocycles. The van der Waals surface area contributed by atoms with Crippen LogP contribution in [0.3, 0.4) is 0 Å². The Morgan fingerprint density at radius 1 is 1.40 bits per heavy atom. The molecule has 0 amide bonds. The molecule has 0 aliphatic carbocycles. The lowest BCUT2D eigenvalue weighted by atomic mass is 9.95. The molecule has 1 unspecified atom stereocenters. The molecule has 0 saturated carbocycles. The Labute approximate surface area is 126 Å². The van der Waals surface area contributed by atoms with Crippen molar-refractivity contribution in [2.75, 3.05) is 31.7 Å². The summed E-state index contributed by atoms with van der Waals surface area (Å²) in [5.41, 5.74) is -0.0959. The van der Waals surface area contributed by atoms with E-state index in [0.717, 1.165) is 31.3 Å². The number of ether oxygens (including phenoxy) is 1.